The minimum absolute atomic E-state index is 0.147. The summed E-state index contributed by atoms with van der Waals surface area (Å²) in [4.78, 5) is 25.4. The predicted molar refractivity (Wildman–Crippen MR) is 93.1 cm³/mol. The normalized spacial score (nSPS) is 12.0. The van der Waals surface area contributed by atoms with Crippen LogP contribution in [-0.2, 0) is 0 Å². The molecule has 23 heavy (non-hydrogen) atoms. The highest BCUT2D eigenvalue weighted by molar-refractivity contribution is 6.31. The van der Waals surface area contributed by atoms with Crippen LogP contribution < -0.4 is 16.8 Å². The van der Waals surface area contributed by atoms with Gasteiger partial charge in [-0.3, -0.25) is 9.59 Å². The lowest BCUT2D eigenvalue weighted by molar-refractivity contribution is 0.0980. The number of fused-ring (bicyclic) bond motifs is 2. The highest BCUT2D eigenvalue weighted by Crippen LogP contribution is 2.35. The molecule has 0 unspecified atom stereocenters. The van der Waals surface area contributed by atoms with Gasteiger partial charge in [0.2, 0.25) is 0 Å². The Morgan fingerprint density at radius 3 is 2.04 bits per heavy atom. The molecule has 1 aliphatic rings. The largest absolute Gasteiger partial charge is 0.398 e. The highest BCUT2D eigenvalue weighted by atomic mass is 16.1. The van der Waals surface area contributed by atoms with Crippen LogP contribution in [0.25, 0.3) is 0 Å². The van der Waals surface area contributed by atoms with Crippen molar-refractivity contribution in [2.75, 3.05) is 24.6 Å². The number of rotatable bonds is 3. The zero-order chi connectivity index (χ0) is 17.0. The van der Waals surface area contributed by atoms with Gasteiger partial charge in [0.05, 0.1) is 11.1 Å². The predicted octanol–water partition coefficient (Wildman–Crippen LogP) is 2.44. The van der Waals surface area contributed by atoms with Gasteiger partial charge in [0.1, 0.15) is 0 Å². The molecule has 0 spiro atoms. The molecule has 0 radical (unpaired) electrons. The fraction of sp³-hybridized carbons (Fsp3) is 0.222. The maximum absolute atomic E-state index is 12.7. The number of benzene rings is 2. The molecule has 3 rings (SSSR count). The average Bonchev–Trinajstić information content (AvgIpc) is 2.60. The summed E-state index contributed by atoms with van der Waals surface area (Å²) in [6, 6.07) is 10.3. The third-order valence-electron chi connectivity index (χ3n) is 3.67. The minimum atomic E-state index is -0.183. The molecule has 0 amide bonds. The van der Waals surface area contributed by atoms with E-state index in [4.69, 9.17) is 5.73 Å². The van der Waals surface area contributed by atoms with E-state index in [9.17, 15) is 9.59 Å². The van der Waals surface area contributed by atoms with Crippen molar-refractivity contribution < 1.29 is 9.59 Å². The number of ketones is 2. The van der Waals surface area contributed by atoms with Gasteiger partial charge in [0, 0.05) is 29.0 Å². The second-order valence-corrected chi connectivity index (χ2v) is 5.08. The Morgan fingerprint density at radius 2 is 1.48 bits per heavy atom. The van der Waals surface area contributed by atoms with Crippen LogP contribution in [-0.4, -0.2) is 25.2 Å². The second-order valence-electron chi connectivity index (χ2n) is 5.08. The average molecular weight is 311 g/mol. The van der Waals surface area contributed by atoms with E-state index >= 15 is 0 Å². The van der Waals surface area contributed by atoms with Crippen molar-refractivity contribution in [3.8, 4) is 0 Å². The van der Waals surface area contributed by atoms with E-state index in [-0.39, 0.29) is 11.6 Å². The molecule has 5 nitrogen and oxygen atoms in total. The van der Waals surface area contributed by atoms with Crippen LogP contribution in [0.1, 0.15) is 45.2 Å². The lowest BCUT2D eigenvalue weighted by Crippen LogP contribution is -2.24. The van der Waals surface area contributed by atoms with Crippen molar-refractivity contribution in [2.45, 2.75) is 13.3 Å². The van der Waals surface area contributed by atoms with Gasteiger partial charge in [-0.05, 0) is 25.6 Å². The van der Waals surface area contributed by atoms with E-state index in [1.54, 1.807) is 36.4 Å². The third-order valence-corrected chi connectivity index (χ3v) is 3.67. The van der Waals surface area contributed by atoms with Crippen LogP contribution in [0.5, 0.6) is 0 Å². The Balaban J connectivity index is 0.000000924. The second kappa shape index (κ2) is 7.07. The molecular weight excluding hydrogens is 290 g/mol. The number of anilines is 2. The molecule has 120 valence electrons. The van der Waals surface area contributed by atoms with Crippen LogP contribution in [0, 0.1) is 0 Å². The van der Waals surface area contributed by atoms with Crippen molar-refractivity contribution in [3.63, 3.8) is 0 Å². The zero-order valence-corrected chi connectivity index (χ0v) is 13.3. The topological polar surface area (TPSA) is 98.2 Å². The van der Waals surface area contributed by atoms with Gasteiger partial charge in [-0.15, -0.1) is 0 Å². The van der Waals surface area contributed by atoms with Gasteiger partial charge in [0.15, 0.2) is 11.6 Å². The standard InChI is InChI=1S/C17H16N2O2.CH5N/c1-2-9-19-13-8-7-12(18)14-15(13)17(21)11-6-4-3-5-10(11)16(14)20;1-2/h3-8,19H,2,9,18H2,1H3;2H2,1H3. The molecule has 0 fully saturated rings. The monoisotopic (exact) mass is 311 g/mol. The molecule has 2 aromatic rings. The molecule has 0 aromatic heterocycles. The Kier molecular flexibility index (Phi) is 5.13. The molecule has 0 saturated carbocycles. The summed E-state index contributed by atoms with van der Waals surface area (Å²) in [7, 11) is 1.50. The summed E-state index contributed by atoms with van der Waals surface area (Å²) < 4.78 is 0. The Bertz CT molecular complexity index is 754. The number of nitrogen functional groups attached to an aromatic ring is 1. The van der Waals surface area contributed by atoms with Gasteiger partial charge in [-0.2, -0.15) is 0 Å². The smallest absolute Gasteiger partial charge is 0.196 e. The lowest BCUT2D eigenvalue weighted by atomic mass is 9.82. The van der Waals surface area contributed by atoms with E-state index in [1.807, 2.05) is 6.92 Å². The van der Waals surface area contributed by atoms with E-state index < -0.39 is 0 Å². The molecule has 5 N–H and O–H groups in total. The van der Waals surface area contributed by atoms with Gasteiger partial charge < -0.3 is 16.8 Å². The molecule has 0 heterocycles. The van der Waals surface area contributed by atoms with Crippen molar-refractivity contribution in [2.24, 2.45) is 5.73 Å². The molecule has 0 saturated heterocycles. The first kappa shape index (κ1) is 16.7. The quantitative estimate of drug-likeness (QED) is 0.645. The Morgan fingerprint density at radius 1 is 0.913 bits per heavy atom. The molecular formula is C18H21N3O2. The van der Waals surface area contributed by atoms with Crippen molar-refractivity contribution >= 4 is 22.9 Å². The van der Waals surface area contributed by atoms with Crippen LogP contribution in [0.3, 0.4) is 0 Å². The van der Waals surface area contributed by atoms with Crippen LogP contribution in [0.15, 0.2) is 36.4 Å². The van der Waals surface area contributed by atoms with Crippen LogP contribution in [0.4, 0.5) is 11.4 Å². The minimum Gasteiger partial charge on any atom is -0.398 e. The maximum Gasteiger partial charge on any atom is 0.196 e. The van der Waals surface area contributed by atoms with E-state index in [0.29, 0.717) is 33.6 Å². The zero-order valence-electron chi connectivity index (χ0n) is 13.3. The molecule has 0 atom stereocenters. The first-order chi connectivity index (χ1) is 11.1. The number of carbonyl (C=O) groups is 2. The number of hydrogen-bond donors (Lipinski definition) is 3. The molecule has 2 aromatic carbocycles. The van der Waals surface area contributed by atoms with Gasteiger partial charge in [0.25, 0.3) is 0 Å². The number of hydrogen-bond acceptors (Lipinski definition) is 5. The Hall–Kier alpha value is -2.66. The number of nitrogens with one attached hydrogen (secondary N) is 1. The van der Waals surface area contributed by atoms with Crippen molar-refractivity contribution in [1.29, 1.82) is 0 Å². The summed E-state index contributed by atoms with van der Waals surface area (Å²) in [6.07, 6.45) is 0.928. The van der Waals surface area contributed by atoms with E-state index in [0.717, 1.165) is 13.0 Å². The van der Waals surface area contributed by atoms with E-state index in [2.05, 4.69) is 11.1 Å². The molecule has 0 aliphatic heterocycles. The van der Waals surface area contributed by atoms with Crippen molar-refractivity contribution in [1.82, 2.24) is 0 Å². The van der Waals surface area contributed by atoms with Gasteiger partial charge in [-0.1, -0.05) is 31.2 Å². The first-order valence-corrected chi connectivity index (χ1v) is 7.57. The van der Waals surface area contributed by atoms with Crippen LogP contribution in [0.2, 0.25) is 0 Å². The fourth-order valence-electron chi connectivity index (χ4n) is 2.65. The SMILES string of the molecule is CCCNc1ccc(N)c2c1C(=O)c1ccccc1C2=O.CN. The molecule has 5 heteroatoms. The van der Waals surface area contributed by atoms with Gasteiger partial charge in [-0.25, -0.2) is 0 Å². The first-order valence-electron chi connectivity index (χ1n) is 7.57. The van der Waals surface area contributed by atoms with E-state index in [1.165, 1.54) is 7.05 Å². The van der Waals surface area contributed by atoms with Gasteiger partial charge >= 0.3 is 0 Å². The summed E-state index contributed by atoms with van der Waals surface area (Å²) in [5, 5.41) is 3.20. The summed E-state index contributed by atoms with van der Waals surface area (Å²) >= 11 is 0. The lowest BCUT2D eigenvalue weighted by Gasteiger charge is -2.22. The summed E-state index contributed by atoms with van der Waals surface area (Å²) in [5.74, 6) is -0.330. The highest BCUT2D eigenvalue weighted by Gasteiger charge is 2.33. The number of nitrogens with two attached hydrogens (primary N) is 2. The molecule has 0 bridgehead atoms. The number of carbonyl (C=O) groups excluding carboxylic acids is 2. The maximum atomic E-state index is 12.7. The van der Waals surface area contributed by atoms with Crippen LogP contribution >= 0.6 is 0 Å². The Labute approximate surface area is 135 Å². The van der Waals surface area contributed by atoms with Crippen molar-refractivity contribution in [3.05, 3.63) is 58.7 Å². The fourth-order valence-corrected chi connectivity index (χ4v) is 2.65. The third kappa shape index (κ3) is 2.83. The summed E-state index contributed by atoms with van der Waals surface area (Å²) in [5.41, 5.74) is 13.1. The summed E-state index contributed by atoms with van der Waals surface area (Å²) in [6.45, 7) is 2.78. The molecule has 1 aliphatic carbocycles.